The lowest BCUT2D eigenvalue weighted by Gasteiger charge is -2.30. The Balaban J connectivity index is 2.39. The van der Waals surface area contributed by atoms with E-state index in [0.29, 0.717) is 25.8 Å². The molecule has 3 amide bonds. The summed E-state index contributed by atoms with van der Waals surface area (Å²) < 4.78 is 5.15. The van der Waals surface area contributed by atoms with E-state index < -0.39 is 29.7 Å². The van der Waals surface area contributed by atoms with Gasteiger partial charge in [0.2, 0.25) is 11.8 Å². The van der Waals surface area contributed by atoms with Crippen LogP contribution in [0.15, 0.2) is 0 Å². The molecule has 0 aromatic rings. The van der Waals surface area contributed by atoms with Crippen molar-refractivity contribution in [2.24, 2.45) is 17.8 Å². The lowest BCUT2D eigenvalue weighted by atomic mass is 9.81. The number of aliphatic carboxylic acids is 1. The van der Waals surface area contributed by atoms with Gasteiger partial charge in [-0.05, 0) is 65.2 Å². The molecule has 9 nitrogen and oxygen atoms in total. The monoisotopic (exact) mass is 441 g/mol. The van der Waals surface area contributed by atoms with Gasteiger partial charge in [0.25, 0.3) is 0 Å². The van der Waals surface area contributed by atoms with Crippen molar-refractivity contribution in [3.63, 3.8) is 0 Å². The summed E-state index contributed by atoms with van der Waals surface area (Å²) in [7, 11) is 0. The fourth-order valence-electron chi connectivity index (χ4n) is 3.53. The van der Waals surface area contributed by atoms with Gasteiger partial charge >= 0.3 is 12.1 Å². The summed E-state index contributed by atoms with van der Waals surface area (Å²) in [5, 5.41) is 17.4. The average Bonchev–Trinajstić information content (AvgIpc) is 2.67. The van der Waals surface area contributed by atoms with Crippen molar-refractivity contribution >= 4 is 23.9 Å². The van der Waals surface area contributed by atoms with Crippen LogP contribution in [0.3, 0.4) is 0 Å². The zero-order valence-electron chi connectivity index (χ0n) is 19.6. The van der Waals surface area contributed by atoms with Crippen LogP contribution in [0, 0.1) is 17.8 Å². The Morgan fingerprint density at radius 1 is 1.03 bits per heavy atom. The fraction of sp³-hybridized carbons (Fsp3) is 0.818. The molecule has 178 valence electrons. The smallest absolute Gasteiger partial charge is 0.408 e. The first-order valence-electron chi connectivity index (χ1n) is 11.1. The van der Waals surface area contributed by atoms with E-state index in [9.17, 15) is 24.3 Å². The minimum Gasteiger partial charge on any atom is -0.480 e. The van der Waals surface area contributed by atoms with Crippen molar-refractivity contribution in [3.8, 4) is 0 Å². The molecule has 1 aliphatic rings. The van der Waals surface area contributed by atoms with Crippen molar-refractivity contribution in [1.82, 2.24) is 16.0 Å². The van der Waals surface area contributed by atoms with Gasteiger partial charge in [0, 0.05) is 12.5 Å². The molecular formula is C22H39N3O6. The number of rotatable bonds is 9. The number of alkyl carbamates (subject to hydrolysis) is 1. The normalized spacial score (nSPS) is 21.9. The van der Waals surface area contributed by atoms with Gasteiger partial charge in [-0.15, -0.1) is 0 Å². The molecule has 0 radical (unpaired) electrons. The largest absolute Gasteiger partial charge is 0.480 e. The predicted octanol–water partition coefficient (Wildman–Crippen LogP) is 2.44. The summed E-state index contributed by atoms with van der Waals surface area (Å²) in [6.07, 6.45) is 2.89. The van der Waals surface area contributed by atoms with Gasteiger partial charge in [-0.3, -0.25) is 9.59 Å². The van der Waals surface area contributed by atoms with Gasteiger partial charge in [0.05, 0.1) is 0 Å². The van der Waals surface area contributed by atoms with E-state index in [0.717, 1.165) is 12.8 Å². The van der Waals surface area contributed by atoms with Crippen molar-refractivity contribution < 1.29 is 29.0 Å². The minimum atomic E-state index is -1.01. The lowest BCUT2D eigenvalue weighted by Crippen LogP contribution is -2.48. The second-order valence-corrected chi connectivity index (χ2v) is 9.54. The quantitative estimate of drug-likeness (QED) is 0.434. The summed E-state index contributed by atoms with van der Waals surface area (Å²) >= 11 is 0. The van der Waals surface area contributed by atoms with Crippen molar-refractivity contribution in [2.75, 3.05) is 6.54 Å². The molecule has 4 N–H and O–H groups in total. The first-order valence-corrected chi connectivity index (χ1v) is 11.1. The van der Waals surface area contributed by atoms with Crippen LogP contribution in [0.2, 0.25) is 0 Å². The fourth-order valence-corrected chi connectivity index (χ4v) is 3.53. The summed E-state index contributed by atoms with van der Waals surface area (Å²) in [5.41, 5.74) is -0.635. The number of nitrogens with one attached hydrogen (secondary N) is 3. The first-order chi connectivity index (χ1) is 14.3. The molecule has 1 rings (SSSR count). The molecule has 31 heavy (non-hydrogen) atoms. The molecule has 0 bridgehead atoms. The zero-order valence-corrected chi connectivity index (χ0v) is 19.6. The number of ether oxygens (including phenoxy) is 1. The molecule has 1 saturated carbocycles. The number of amides is 3. The molecule has 0 heterocycles. The Hall–Kier alpha value is -2.32. The van der Waals surface area contributed by atoms with E-state index in [2.05, 4.69) is 16.0 Å². The third-order valence-corrected chi connectivity index (χ3v) is 5.69. The van der Waals surface area contributed by atoms with Gasteiger partial charge in [-0.25, -0.2) is 9.59 Å². The second-order valence-electron chi connectivity index (χ2n) is 9.54. The van der Waals surface area contributed by atoms with Crippen molar-refractivity contribution in [1.29, 1.82) is 0 Å². The summed E-state index contributed by atoms with van der Waals surface area (Å²) in [4.78, 5) is 47.9. The third kappa shape index (κ3) is 9.57. The van der Waals surface area contributed by atoms with Crippen molar-refractivity contribution in [3.05, 3.63) is 0 Å². The average molecular weight is 442 g/mol. The van der Waals surface area contributed by atoms with E-state index in [-0.39, 0.29) is 29.6 Å². The molecule has 1 aliphatic carbocycles. The van der Waals surface area contributed by atoms with E-state index in [1.165, 1.54) is 0 Å². The van der Waals surface area contributed by atoms with Gasteiger partial charge in [-0.2, -0.15) is 0 Å². The van der Waals surface area contributed by atoms with E-state index >= 15 is 0 Å². The molecule has 1 fully saturated rings. The molecule has 0 unspecified atom stereocenters. The summed E-state index contributed by atoms with van der Waals surface area (Å²) in [6, 6.07) is -1.58. The Morgan fingerprint density at radius 2 is 1.61 bits per heavy atom. The lowest BCUT2D eigenvalue weighted by molar-refractivity contribution is -0.144. The molecule has 0 aromatic carbocycles. The maximum absolute atomic E-state index is 12.5. The maximum atomic E-state index is 12.5. The highest BCUT2D eigenvalue weighted by Gasteiger charge is 2.31. The standard InChI is InChI=1S/C22H39N3O6/c1-7-13(2)17(20(28)29)25-19(27)16-10-8-15(9-11-16)12-23-18(26)14(3)24-21(30)31-22(4,5)6/h13-17H,7-12H2,1-6H3,(H,23,26)(H,24,30)(H,25,27)(H,28,29)/t13-,14-,15?,16?,17+/m1/s1. The van der Waals surface area contributed by atoms with Crippen LogP contribution >= 0.6 is 0 Å². The number of hydrogen-bond acceptors (Lipinski definition) is 5. The Labute approximate surface area is 185 Å². The second kappa shape index (κ2) is 11.9. The minimum absolute atomic E-state index is 0.135. The highest BCUT2D eigenvalue weighted by Crippen LogP contribution is 2.29. The van der Waals surface area contributed by atoms with Crippen LogP contribution in [-0.4, -0.2) is 53.2 Å². The van der Waals surface area contributed by atoms with Crippen LogP contribution < -0.4 is 16.0 Å². The predicted molar refractivity (Wildman–Crippen MR) is 116 cm³/mol. The number of carbonyl (C=O) groups is 4. The molecule has 0 aromatic heterocycles. The number of carboxylic acids is 1. The highest BCUT2D eigenvalue weighted by molar-refractivity contribution is 5.86. The van der Waals surface area contributed by atoms with E-state index in [1.54, 1.807) is 27.7 Å². The number of carbonyl (C=O) groups excluding carboxylic acids is 3. The molecule has 9 heteroatoms. The van der Waals surface area contributed by atoms with E-state index in [1.807, 2.05) is 13.8 Å². The maximum Gasteiger partial charge on any atom is 0.408 e. The van der Waals surface area contributed by atoms with Gasteiger partial charge in [-0.1, -0.05) is 20.3 Å². The first kappa shape index (κ1) is 26.7. The molecule has 3 atom stereocenters. The van der Waals surface area contributed by atoms with Gasteiger partial charge in [0.1, 0.15) is 17.7 Å². The topological polar surface area (TPSA) is 134 Å². The number of carboxylic acid groups (broad SMARTS) is 1. The summed E-state index contributed by atoms with van der Waals surface area (Å²) in [5.74, 6) is -1.59. The van der Waals surface area contributed by atoms with Crippen molar-refractivity contribution in [2.45, 2.75) is 91.3 Å². The molecular weight excluding hydrogens is 402 g/mol. The highest BCUT2D eigenvalue weighted by atomic mass is 16.6. The van der Waals surface area contributed by atoms with Crippen LogP contribution in [0.1, 0.15) is 73.6 Å². The van der Waals surface area contributed by atoms with Crippen LogP contribution in [-0.2, 0) is 19.1 Å². The molecule has 0 spiro atoms. The van der Waals surface area contributed by atoms with Crippen LogP contribution in [0.4, 0.5) is 4.79 Å². The van der Waals surface area contributed by atoms with Crippen LogP contribution in [0.25, 0.3) is 0 Å². The number of hydrogen-bond donors (Lipinski definition) is 4. The Bertz CT molecular complexity index is 638. The Kier molecular flexibility index (Phi) is 10.3. The van der Waals surface area contributed by atoms with Crippen LogP contribution in [0.5, 0.6) is 0 Å². The molecule has 0 saturated heterocycles. The Morgan fingerprint density at radius 3 is 2.10 bits per heavy atom. The third-order valence-electron chi connectivity index (χ3n) is 5.69. The molecule has 0 aliphatic heterocycles. The van der Waals surface area contributed by atoms with E-state index in [4.69, 9.17) is 4.74 Å². The summed E-state index contributed by atoms with van der Waals surface area (Å²) in [6.45, 7) is 11.0. The van der Waals surface area contributed by atoms with Gasteiger partial charge < -0.3 is 25.8 Å². The zero-order chi connectivity index (χ0) is 23.8. The SMILES string of the molecule is CC[C@@H](C)[C@H](NC(=O)C1CCC(CNC(=O)[C@@H](C)NC(=O)OC(C)(C)C)CC1)C(=O)O. The van der Waals surface area contributed by atoms with Gasteiger partial charge in [0.15, 0.2) is 0 Å².